The van der Waals surface area contributed by atoms with Crippen LogP contribution in [0, 0.1) is 6.92 Å². The average Bonchev–Trinajstić information content (AvgIpc) is 3.11. The minimum Gasteiger partial charge on any atom is -0.395 e. The Balaban J connectivity index is 1.94. The molecule has 3 rings (SSSR count). The molecule has 1 atom stereocenters. The van der Waals surface area contributed by atoms with Crippen LogP contribution in [0.4, 0.5) is 11.4 Å². The third kappa shape index (κ3) is 4.46. The molecule has 0 unspecified atom stereocenters. The highest BCUT2D eigenvalue weighted by atomic mass is 32.1. The minimum absolute atomic E-state index is 0.0593. The first-order valence-electron chi connectivity index (χ1n) is 10.1. The highest BCUT2D eigenvalue weighted by Crippen LogP contribution is 2.29. The second kappa shape index (κ2) is 9.25. The predicted molar refractivity (Wildman–Crippen MR) is 118 cm³/mol. The standard InChI is InChI=1S/C21H27N5O3S/c1-12-8-6-7-11-15(12)26(13(2)20(28)24-14-9-4-3-5-10-14)21(29)18-16(22)17(19(23)27)25-30-18/h6-8,11,13-14H,3-5,9-10,22H2,1-2H3,(H2,23,27)(H,24,28)/t13-/m1/s1. The number of hydrogen-bond acceptors (Lipinski definition) is 6. The van der Waals surface area contributed by atoms with E-state index in [4.69, 9.17) is 11.5 Å². The Hall–Kier alpha value is -2.94. The smallest absolute Gasteiger partial charge is 0.272 e. The van der Waals surface area contributed by atoms with Crippen LogP contribution >= 0.6 is 11.5 Å². The monoisotopic (exact) mass is 429 g/mol. The molecule has 3 amide bonds. The fourth-order valence-corrected chi connectivity index (χ4v) is 4.49. The number of aromatic nitrogens is 1. The Morgan fingerprint density at radius 3 is 2.47 bits per heavy atom. The van der Waals surface area contributed by atoms with Crippen LogP contribution in [-0.4, -0.2) is 34.2 Å². The number of nitrogens with zero attached hydrogens (tertiary/aromatic N) is 2. The first-order valence-corrected chi connectivity index (χ1v) is 10.8. The van der Waals surface area contributed by atoms with Crippen LogP contribution in [0.15, 0.2) is 24.3 Å². The normalized spacial score (nSPS) is 15.4. The molecule has 1 aromatic carbocycles. The molecule has 0 bridgehead atoms. The molecule has 5 N–H and O–H groups in total. The largest absolute Gasteiger partial charge is 0.395 e. The zero-order valence-corrected chi connectivity index (χ0v) is 18.0. The predicted octanol–water partition coefficient (Wildman–Crippen LogP) is 2.62. The van der Waals surface area contributed by atoms with Crippen molar-refractivity contribution in [2.24, 2.45) is 5.73 Å². The Morgan fingerprint density at radius 1 is 1.20 bits per heavy atom. The highest BCUT2D eigenvalue weighted by molar-refractivity contribution is 7.09. The summed E-state index contributed by atoms with van der Waals surface area (Å²) in [6.45, 7) is 3.56. The molecule has 1 saturated carbocycles. The van der Waals surface area contributed by atoms with Crippen LogP contribution in [0.1, 0.15) is 64.8 Å². The van der Waals surface area contributed by atoms with Gasteiger partial charge in [-0.2, -0.15) is 4.37 Å². The second-order valence-electron chi connectivity index (χ2n) is 7.62. The number of carbonyl (C=O) groups is 3. The van der Waals surface area contributed by atoms with Gasteiger partial charge in [-0.25, -0.2) is 0 Å². The number of primary amides is 1. The molecule has 0 radical (unpaired) electrons. The van der Waals surface area contributed by atoms with Crippen LogP contribution in [-0.2, 0) is 4.79 Å². The number of hydrogen-bond donors (Lipinski definition) is 3. The van der Waals surface area contributed by atoms with Gasteiger partial charge in [-0.1, -0.05) is 37.5 Å². The van der Waals surface area contributed by atoms with Crippen molar-refractivity contribution in [3.8, 4) is 0 Å². The molecule has 8 nitrogen and oxygen atoms in total. The van der Waals surface area contributed by atoms with E-state index in [9.17, 15) is 14.4 Å². The number of aryl methyl sites for hydroxylation is 1. The molecule has 2 aromatic rings. The maximum absolute atomic E-state index is 13.5. The first kappa shape index (κ1) is 21.8. The van der Waals surface area contributed by atoms with Gasteiger partial charge in [0, 0.05) is 11.7 Å². The summed E-state index contributed by atoms with van der Waals surface area (Å²) in [7, 11) is 0. The van der Waals surface area contributed by atoms with Crippen molar-refractivity contribution < 1.29 is 14.4 Å². The summed E-state index contributed by atoms with van der Waals surface area (Å²) in [5.74, 6) is -1.51. The van der Waals surface area contributed by atoms with E-state index in [2.05, 4.69) is 9.69 Å². The maximum Gasteiger partial charge on any atom is 0.272 e. The van der Waals surface area contributed by atoms with E-state index in [0.29, 0.717) is 5.69 Å². The Bertz CT molecular complexity index is 952. The van der Waals surface area contributed by atoms with Gasteiger partial charge in [0.2, 0.25) is 5.91 Å². The summed E-state index contributed by atoms with van der Waals surface area (Å²) in [6.07, 6.45) is 5.25. The van der Waals surface area contributed by atoms with E-state index >= 15 is 0 Å². The zero-order valence-electron chi connectivity index (χ0n) is 17.2. The van der Waals surface area contributed by atoms with Crippen molar-refractivity contribution >= 4 is 40.6 Å². The molecule has 1 aliphatic carbocycles. The molecular formula is C21H27N5O3S. The molecular weight excluding hydrogens is 402 g/mol. The van der Waals surface area contributed by atoms with Gasteiger partial charge in [0.25, 0.3) is 11.8 Å². The lowest BCUT2D eigenvalue weighted by Crippen LogP contribution is -2.51. The molecule has 1 aliphatic rings. The van der Waals surface area contributed by atoms with E-state index in [-0.39, 0.29) is 28.2 Å². The number of amides is 3. The number of para-hydroxylation sites is 1. The fourth-order valence-electron chi connectivity index (χ4n) is 3.75. The van der Waals surface area contributed by atoms with E-state index in [0.717, 1.165) is 42.8 Å². The van der Waals surface area contributed by atoms with Gasteiger partial charge >= 0.3 is 0 Å². The molecule has 0 spiro atoms. The number of nitrogen functional groups attached to an aromatic ring is 1. The topological polar surface area (TPSA) is 131 Å². The van der Waals surface area contributed by atoms with Crippen molar-refractivity contribution in [1.29, 1.82) is 0 Å². The molecule has 1 heterocycles. The van der Waals surface area contributed by atoms with Crippen LogP contribution in [0.25, 0.3) is 0 Å². The SMILES string of the molecule is Cc1ccccc1N(C(=O)c1snc(C(N)=O)c1N)[C@H](C)C(=O)NC1CCCCC1. The van der Waals surface area contributed by atoms with Gasteiger partial charge in [-0.15, -0.1) is 0 Å². The van der Waals surface area contributed by atoms with E-state index in [1.165, 1.54) is 11.3 Å². The third-order valence-corrected chi connectivity index (χ3v) is 6.32. The van der Waals surface area contributed by atoms with Crippen molar-refractivity contribution in [2.45, 2.75) is 58.0 Å². The van der Waals surface area contributed by atoms with E-state index in [1.807, 2.05) is 19.1 Å². The summed E-state index contributed by atoms with van der Waals surface area (Å²) < 4.78 is 3.93. The number of anilines is 2. The number of nitrogens with two attached hydrogens (primary N) is 2. The average molecular weight is 430 g/mol. The molecule has 160 valence electrons. The summed E-state index contributed by atoms with van der Waals surface area (Å²) >= 11 is 0.807. The Morgan fingerprint density at radius 2 is 1.87 bits per heavy atom. The van der Waals surface area contributed by atoms with Crippen molar-refractivity contribution in [2.75, 3.05) is 10.6 Å². The van der Waals surface area contributed by atoms with Gasteiger partial charge in [0.1, 0.15) is 10.9 Å². The lowest BCUT2D eigenvalue weighted by molar-refractivity contribution is -0.122. The number of benzene rings is 1. The molecule has 30 heavy (non-hydrogen) atoms. The first-order chi connectivity index (χ1) is 14.3. The summed E-state index contributed by atoms with van der Waals surface area (Å²) in [6, 6.07) is 6.66. The summed E-state index contributed by atoms with van der Waals surface area (Å²) in [5.41, 5.74) is 12.5. The quantitative estimate of drug-likeness (QED) is 0.649. The fraction of sp³-hybridized carbons (Fsp3) is 0.429. The lowest BCUT2D eigenvalue weighted by Gasteiger charge is -2.31. The summed E-state index contributed by atoms with van der Waals surface area (Å²) in [4.78, 5) is 39.5. The van der Waals surface area contributed by atoms with E-state index < -0.39 is 17.9 Å². The van der Waals surface area contributed by atoms with Gasteiger partial charge < -0.3 is 16.8 Å². The Labute approximate surface area is 179 Å². The van der Waals surface area contributed by atoms with Crippen molar-refractivity contribution in [1.82, 2.24) is 9.69 Å². The molecule has 9 heteroatoms. The molecule has 0 saturated heterocycles. The second-order valence-corrected chi connectivity index (χ2v) is 8.39. The number of nitrogens with one attached hydrogen (secondary N) is 1. The minimum atomic E-state index is -0.798. The van der Waals surface area contributed by atoms with Crippen LogP contribution in [0.3, 0.4) is 0 Å². The molecule has 0 aliphatic heterocycles. The zero-order chi connectivity index (χ0) is 21.8. The van der Waals surface area contributed by atoms with Crippen molar-refractivity contribution in [3.05, 3.63) is 40.4 Å². The maximum atomic E-state index is 13.5. The van der Waals surface area contributed by atoms with Gasteiger partial charge in [0.05, 0.1) is 5.69 Å². The number of carbonyl (C=O) groups excluding carboxylic acids is 3. The van der Waals surface area contributed by atoms with E-state index in [1.54, 1.807) is 19.1 Å². The third-order valence-electron chi connectivity index (χ3n) is 5.47. The lowest BCUT2D eigenvalue weighted by atomic mass is 9.95. The summed E-state index contributed by atoms with van der Waals surface area (Å²) in [5, 5.41) is 3.08. The van der Waals surface area contributed by atoms with Crippen LogP contribution in [0.2, 0.25) is 0 Å². The van der Waals surface area contributed by atoms with Crippen LogP contribution < -0.4 is 21.7 Å². The molecule has 1 fully saturated rings. The van der Waals surface area contributed by atoms with Crippen molar-refractivity contribution in [3.63, 3.8) is 0 Å². The Kier molecular flexibility index (Phi) is 6.71. The van der Waals surface area contributed by atoms with Gasteiger partial charge in [-0.05, 0) is 49.9 Å². The van der Waals surface area contributed by atoms with Crippen LogP contribution in [0.5, 0.6) is 0 Å². The number of rotatable bonds is 6. The molecule has 1 aromatic heterocycles. The van der Waals surface area contributed by atoms with Gasteiger partial charge in [-0.3, -0.25) is 19.3 Å². The van der Waals surface area contributed by atoms with Gasteiger partial charge in [0.15, 0.2) is 5.69 Å². The highest BCUT2D eigenvalue weighted by Gasteiger charge is 2.33.